The lowest BCUT2D eigenvalue weighted by Crippen LogP contribution is -2.29. The zero-order chi connectivity index (χ0) is 28.8. The van der Waals surface area contributed by atoms with Crippen LogP contribution in [0.4, 0.5) is 19.3 Å². The summed E-state index contributed by atoms with van der Waals surface area (Å²) >= 11 is 0. The van der Waals surface area contributed by atoms with E-state index in [1.807, 2.05) is 0 Å². The number of ether oxygens (including phenoxy) is 4. The molecule has 40 heavy (non-hydrogen) atoms. The van der Waals surface area contributed by atoms with Gasteiger partial charge in [0.15, 0.2) is 28.9 Å². The molecule has 0 saturated carbocycles. The van der Waals surface area contributed by atoms with E-state index in [0.717, 1.165) is 17.0 Å². The Hall–Kier alpha value is -5.20. The zero-order valence-corrected chi connectivity index (χ0v) is 21.6. The van der Waals surface area contributed by atoms with Crippen molar-refractivity contribution in [3.05, 3.63) is 72.2 Å². The number of carbonyl (C=O) groups excluding carboxylic acids is 1. The van der Waals surface area contributed by atoms with Crippen molar-refractivity contribution in [2.24, 2.45) is 0 Å². The molecule has 0 unspecified atom stereocenters. The first-order valence-corrected chi connectivity index (χ1v) is 11.7. The fourth-order valence-corrected chi connectivity index (χ4v) is 3.65. The van der Waals surface area contributed by atoms with Crippen LogP contribution in [0.25, 0.3) is 10.9 Å². The van der Waals surface area contributed by atoms with Crippen LogP contribution in [0.5, 0.6) is 28.7 Å². The number of anilines is 1. The molecule has 0 aliphatic rings. The molecule has 0 atom stereocenters. The van der Waals surface area contributed by atoms with Crippen LogP contribution in [0, 0.1) is 11.6 Å². The number of aromatic nitrogens is 2. The Bertz CT molecular complexity index is 1540. The zero-order valence-electron chi connectivity index (χ0n) is 21.6. The molecule has 0 spiro atoms. The molecule has 2 amide bonds. The fourth-order valence-electron chi connectivity index (χ4n) is 3.65. The van der Waals surface area contributed by atoms with Crippen molar-refractivity contribution in [2.75, 3.05) is 39.7 Å². The number of carbonyl (C=O) groups is 2. The number of benzene rings is 2. The monoisotopic (exact) mass is 554 g/mol. The maximum Gasteiger partial charge on any atom is 0.407 e. The molecular weight excluding hydrogens is 530 g/mol. The van der Waals surface area contributed by atoms with E-state index in [9.17, 15) is 9.59 Å². The van der Waals surface area contributed by atoms with Crippen LogP contribution < -0.4 is 24.3 Å². The summed E-state index contributed by atoms with van der Waals surface area (Å²) in [6, 6.07) is 7.81. The predicted octanol–water partition coefficient (Wildman–Crippen LogP) is 4.96. The molecule has 0 aliphatic carbocycles. The van der Waals surface area contributed by atoms with E-state index in [1.165, 1.54) is 58.1 Å². The molecule has 4 aromatic rings. The Labute approximate surface area is 226 Å². The Morgan fingerprint density at radius 2 is 1.68 bits per heavy atom. The lowest BCUT2D eigenvalue weighted by atomic mass is 10.1. The average Bonchev–Trinajstić information content (AvgIpc) is 2.94. The number of rotatable bonds is 10. The summed E-state index contributed by atoms with van der Waals surface area (Å²) in [5.41, 5.74) is 0.311. The van der Waals surface area contributed by atoms with Crippen molar-refractivity contribution in [3.8, 4) is 28.7 Å². The summed E-state index contributed by atoms with van der Waals surface area (Å²) in [5, 5.41) is 11.8. The van der Waals surface area contributed by atoms with E-state index >= 15 is 8.78 Å². The second-order valence-electron chi connectivity index (χ2n) is 8.28. The van der Waals surface area contributed by atoms with Crippen LogP contribution in [0.15, 0.2) is 55.0 Å². The Kier molecular flexibility index (Phi) is 8.42. The topological polar surface area (TPSA) is 132 Å². The van der Waals surface area contributed by atoms with Crippen LogP contribution in [-0.4, -0.2) is 66.4 Å². The first-order valence-electron chi connectivity index (χ1n) is 11.7. The first-order chi connectivity index (χ1) is 19.2. The van der Waals surface area contributed by atoms with E-state index < -0.39 is 29.4 Å². The number of nitrogens with zero attached hydrogens (tertiary/aromatic N) is 3. The van der Waals surface area contributed by atoms with Crippen molar-refractivity contribution < 1.29 is 42.4 Å². The SMILES string of the molecule is COc1cc2c(Oc3c(F)cc(NC(=O)c4cnccc4OC)cc3F)ccnc2cc1OCCN(C)C(=O)O. The van der Waals surface area contributed by atoms with Crippen LogP contribution in [-0.2, 0) is 0 Å². The normalized spacial score (nSPS) is 10.6. The quantitative estimate of drug-likeness (QED) is 0.279. The average molecular weight is 555 g/mol. The summed E-state index contributed by atoms with van der Waals surface area (Å²) in [5.74, 6) is -2.60. The van der Waals surface area contributed by atoms with Gasteiger partial charge in [0.1, 0.15) is 18.1 Å². The molecule has 0 radical (unpaired) electrons. The van der Waals surface area contributed by atoms with E-state index in [1.54, 1.807) is 6.07 Å². The van der Waals surface area contributed by atoms with Crippen LogP contribution in [0.3, 0.4) is 0 Å². The summed E-state index contributed by atoms with van der Waals surface area (Å²) in [4.78, 5) is 32.7. The number of amides is 2. The van der Waals surface area contributed by atoms with Gasteiger partial charge in [-0.1, -0.05) is 0 Å². The number of hydrogen-bond acceptors (Lipinski definition) is 8. The number of fused-ring (bicyclic) bond motifs is 1. The van der Waals surface area contributed by atoms with Crippen molar-refractivity contribution >= 4 is 28.6 Å². The third-order valence-electron chi connectivity index (χ3n) is 5.71. The Balaban J connectivity index is 1.57. The van der Waals surface area contributed by atoms with Gasteiger partial charge >= 0.3 is 6.09 Å². The Morgan fingerprint density at radius 1 is 0.975 bits per heavy atom. The number of halogens is 2. The molecule has 2 N–H and O–H groups in total. The molecule has 2 aromatic heterocycles. The first kappa shape index (κ1) is 27.8. The standard InChI is InChI=1S/C27H24F2N4O7/c1-33(27(35)36)8-9-39-24-13-20-16(12-23(24)38-3)22(5-7-31-20)40-25-18(28)10-15(11-19(25)29)32-26(34)17-14-30-6-4-21(17)37-2/h4-7,10-14H,8-9H2,1-3H3,(H,32,34)(H,35,36). The predicted molar refractivity (Wildman–Crippen MR) is 140 cm³/mol. The molecule has 208 valence electrons. The fraction of sp³-hybridized carbons (Fsp3) is 0.185. The molecule has 2 heterocycles. The van der Waals surface area contributed by atoms with E-state index in [2.05, 4.69) is 15.3 Å². The lowest BCUT2D eigenvalue weighted by molar-refractivity contribution is 0.102. The van der Waals surface area contributed by atoms with Gasteiger partial charge in [-0.05, 0) is 18.2 Å². The number of methoxy groups -OCH3 is 2. The van der Waals surface area contributed by atoms with Gasteiger partial charge in [0, 0.05) is 54.9 Å². The van der Waals surface area contributed by atoms with Gasteiger partial charge in [0.25, 0.3) is 5.91 Å². The molecule has 0 fully saturated rings. The summed E-state index contributed by atoms with van der Waals surface area (Å²) in [6.45, 7) is 0.158. The lowest BCUT2D eigenvalue weighted by Gasteiger charge is -2.16. The highest BCUT2D eigenvalue weighted by Gasteiger charge is 2.19. The third kappa shape index (κ3) is 6.09. The molecule has 0 saturated heterocycles. The molecule has 4 rings (SSSR count). The van der Waals surface area contributed by atoms with Crippen LogP contribution >= 0.6 is 0 Å². The molecule has 0 bridgehead atoms. The van der Waals surface area contributed by atoms with Crippen molar-refractivity contribution in [1.82, 2.24) is 14.9 Å². The maximum absolute atomic E-state index is 15.0. The number of carboxylic acid groups (broad SMARTS) is 1. The maximum atomic E-state index is 15.0. The van der Waals surface area contributed by atoms with Gasteiger partial charge in [-0.15, -0.1) is 0 Å². The second-order valence-corrected chi connectivity index (χ2v) is 8.28. The molecule has 13 heteroatoms. The van der Waals surface area contributed by atoms with E-state index in [0.29, 0.717) is 16.7 Å². The molecule has 2 aromatic carbocycles. The second kappa shape index (κ2) is 12.1. The van der Waals surface area contributed by atoms with E-state index in [-0.39, 0.29) is 41.7 Å². The van der Waals surface area contributed by atoms with Crippen molar-refractivity contribution in [3.63, 3.8) is 0 Å². The Morgan fingerprint density at radius 3 is 2.35 bits per heavy atom. The van der Waals surface area contributed by atoms with E-state index in [4.69, 9.17) is 24.1 Å². The summed E-state index contributed by atoms with van der Waals surface area (Å²) < 4.78 is 51.8. The third-order valence-corrected chi connectivity index (χ3v) is 5.71. The number of pyridine rings is 2. The number of likely N-dealkylation sites (N-methyl/N-ethyl adjacent to an activating group) is 1. The number of hydrogen-bond donors (Lipinski definition) is 2. The van der Waals surface area contributed by atoms with Crippen LogP contribution in [0.1, 0.15) is 10.4 Å². The minimum atomic E-state index is -1.10. The van der Waals surface area contributed by atoms with Crippen molar-refractivity contribution in [2.45, 2.75) is 0 Å². The number of nitrogens with one attached hydrogen (secondary N) is 1. The summed E-state index contributed by atoms with van der Waals surface area (Å²) in [6.07, 6.45) is 3.00. The van der Waals surface area contributed by atoms with Gasteiger partial charge in [0.2, 0.25) is 0 Å². The van der Waals surface area contributed by atoms with Gasteiger partial charge in [0.05, 0.1) is 31.8 Å². The highest BCUT2D eigenvalue weighted by Crippen LogP contribution is 2.38. The minimum absolute atomic E-state index is 0.0493. The van der Waals surface area contributed by atoms with Crippen molar-refractivity contribution in [1.29, 1.82) is 0 Å². The largest absolute Gasteiger partial charge is 0.496 e. The highest BCUT2D eigenvalue weighted by molar-refractivity contribution is 6.06. The molecule has 11 nitrogen and oxygen atoms in total. The van der Waals surface area contributed by atoms with Gasteiger partial charge in [-0.3, -0.25) is 14.8 Å². The van der Waals surface area contributed by atoms with Gasteiger partial charge < -0.3 is 34.3 Å². The summed E-state index contributed by atoms with van der Waals surface area (Å²) in [7, 11) is 4.19. The smallest absolute Gasteiger partial charge is 0.407 e. The molecular formula is C27H24F2N4O7. The van der Waals surface area contributed by atoms with Gasteiger partial charge in [-0.25, -0.2) is 13.6 Å². The van der Waals surface area contributed by atoms with Crippen LogP contribution in [0.2, 0.25) is 0 Å². The highest BCUT2D eigenvalue weighted by atomic mass is 19.1. The van der Waals surface area contributed by atoms with Gasteiger partial charge in [-0.2, -0.15) is 0 Å². The molecule has 0 aliphatic heterocycles. The minimum Gasteiger partial charge on any atom is -0.496 e.